The number of amides is 3. The topological polar surface area (TPSA) is 264 Å². The van der Waals surface area contributed by atoms with Crippen LogP contribution in [-0.4, -0.2) is 113 Å². The van der Waals surface area contributed by atoms with Gasteiger partial charge >= 0.3 is 0 Å². The second-order valence-electron chi connectivity index (χ2n) is 12.4. The van der Waals surface area contributed by atoms with Crippen molar-refractivity contribution >= 4 is 57.6 Å². The number of hydrogen-bond acceptors (Lipinski definition) is 16. The number of unbranched alkanes of at least 4 members (excludes halogenated alkanes) is 1. The molecule has 5 aromatic heterocycles. The highest BCUT2D eigenvalue weighted by Gasteiger charge is 2.23. The first-order valence-corrected chi connectivity index (χ1v) is 17.1. The number of fused-ring (bicyclic) bond motifs is 2. The van der Waals surface area contributed by atoms with Crippen LogP contribution in [0.1, 0.15) is 39.4 Å². The Balaban J connectivity index is 0.833. The molecule has 1 fully saturated rings. The van der Waals surface area contributed by atoms with Crippen LogP contribution in [0, 0.1) is 6.92 Å². The minimum Gasteiger partial charge on any atom is -0.424 e. The van der Waals surface area contributed by atoms with Gasteiger partial charge in [-0.15, -0.1) is 0 Å². The zero-order chi connectivity index (χ0) is 37.6. The average molecular weight is 736 g/mol. The van der Waals surface area contributed by atoms with E-state index in [1.165, 1.54) is 31.1 Å². The van der Waals surface area contributed by atoms with Crippen molar-refractivity contribution in [3.8, 4) is 11.3 Å². The number of nitrogens with zero attached hydrogens (tertiary/aromatic N) is 11. The summed E-state index contributed by atoms with van der Waals surface area (Å²) in [6.45, 7) is 4.32. The van der Waals surface area contributed by atoms with Crippen molar-refractivity contribution in [2.24, 2.45) is 0 Å². The summed E-state index contributed by atoms with van der Waals surface area (Å²) < 4.78 is 12.5. The lowest BCUT2D eigenvalue weighted by Gasteiger charge is -2.34. The van der Waals surface area contributed by atoms with E-state index in [1.807, 2.05) is 17.0 Å². The van der Waals surface area contributed by atoms with E-state index >= 15 is 0 Å². The SMILES string of the molecule is Cc1ncc(C(=O)NCOCC(=O)N2CCN(c3ncc(C(=O)NCCCCn4nc(-c5ccc6oc(N)nc6c5)c5c(N)ncnc54)cn3)CC2)cn1. The standard InChI is InChI=1S/C34H37N15O5/c1-20-38-13-22(14-39-20)32(52)44-19-53-17-26(50)47-8-10-48(11-9-47)34-40-15-23(16-41-34)31(51)37-6-2-3-7-49-30-27(29(35)42-18-43-30)28(46-49)21-4-5-25-24(12-21)45-33(36)54-25/h4-5,12-16,18H,2-3,6-11,17,19H2,1H3,(H2,36,45)(H,37,51)(H,44,52)(H2,35,42,43). The maximum atomic E-state index is 12.8. The Kier molecular flexibility index (Phi) is 10.4. The quantitative estimate of drug-likeness (QED) is 0.0950. The van der Waals surface area contributed by atoms with Gasteiger partial charge in [0.2, 0.25) is 11.9 Å². The summed E-state index contributed by atoms with van der Waals surface area (Å²) in [6.07, 6.45) is 8.62. The number of nitrogens with one attached hydrogen (secondary N) is 2. The lowest BCUT2D eigenvalue weighted by molar-refractivity contribution is -0.136. The van der Waals surface area contributed by atoms with Gasteiger partial charge in [0.15, 0.2) is 11.2 Å². The molecule has 0 radical (unpaired) electrons. The van der Waals surface area contributed by atoms with Crippen molar-refractivity contribution in [1.29, 1.82) is 0 Å². The van der Waals surface area contributed by atoms with Gasteiger partial charge in [0.1, 0.15) is 42.5 Å². The Bertz CT molecular complexity index is 2280. The van der Waals surface area contributed by atoms with E-state index < -0.39 is 0 Å². The molecule has 278 valence electrons. The monoisotopic (exact) mass is 735 g/mol. The number of nitrogen functional groups attached to an aromatic ring is 2. The Hall–Kier alpha value is -6.83. The van der Waals surface area contributed by atoms with E-state index in [2.05, 4.69) is 45.5 Å². The first-order chi connectivity index (χ1) is 26.2. The summed E-state index contributed by atoms with van der Waals surface area (Å²) in [4.78, 5) is 70.8. The van der Waals surface area contributed by atoms with Crippen molar-refractivity contribution in [1.82, 2.24) is 60.2 Å². The first kappa shape index (κ1) is 35.6. The molecule has 20 heteroatoms. The highest BCUT2D eigenvalue weighted by atomic mass is 16.5. The van der Waals surface area contributed by atoms with Crippen molar-refractivity contribution in [3.05, 3.63) is 66.3 Å². The molecule has 0 unspecified atom stereocenters. The van der Waals surface area contributed by atoms with Crippen LogP contribution in [0.15, 0.2) is 53.7 Å². The second kappa shape index (κ2) is 15.8. The van der Waals surface area contributed by atoms with Crippen molar-refractivity contribution in [2.75, 3.05) is 62.4 Å². The number of anilines is 3. The first-order valence-electron chi connectivity index (χ1n) is 17.1. The third-order valence-electron chi connectivity index (χ3n) is 8.74. The number of aromatic nitrogens is 9. The van der Waals surface area contributed by atoms with Crippen LogP contribution in [0.5, 0.6) is 0 Å². The van der Waals surface area contributed by atoms with E-state index in [0.717, 1.165) is 5.56 Å². The number of rotatable bonds is 13. The molecule has 1 aliphatic heterocycles. The summed E-state index contributed by atoms with van der Waals surface area (Å²) in [5.41, 5.74) is 15.8. The Labute approximate surface area is 307 Å². The van der Waals surface area contributed by atoms with Crippen molar-refractivity contribution in [3.63, 3.8) is 0 Å². The number of benzene rings is 1. The fraction of sp³-hybridized carbons (Fsp3) is 0.324. The Morgan fingerprint density at radius 3 is 2.37 bits per heavy atom. The summed E-state index contributed by atoms with van der Waals surface area (Å²) in [5, 5.41) is 10.9. The number of carbonyl (C=O) groups excluding carboxylic acids is 3. The number of piperazine rings is 1. The van der Waals surface area contributed by atoms with E-state index in [9.17, 15) is 14.4 Å². The molecule has 1 aliphatic rings. The molecule has 6 N–H and O–H groups in total. The average Bonchev–Trinajstić information content (AvgIpc) is 3.76. The number of ether oxygens (including phenoxy) is 1. The third kappa shape index (κ3) is 7.97. The number of hydrogen-bond donors (Lipinski definition) is 4. The van der Waals surface area contributed by atoms with Gasteiger partial charge in [-0.3, -0.25) is 14.4 Å². The van der Waals surface area contributed by atoms with Crippen molar-refractivity contribution < 1.29 is 23.5 Å². The Morgan fingerprint density at radius 2 is 1.61 bits per heavy atom. The van der Waals surface area contributed by atoms with Gasteiger partial charge < -0.3 is 41.1 Å². The van der Waals surface area contributed by atoms with Gasteiger partial charge in [-0.25, -0.2) is 34.6 Å². The molecule has 0 bridgehead atoms. The molecule has 6 heterocycles. The minimum absolute atomic E-state index is 0.0820. The maximum absolute atomic E-state index is 12.8. The predicted molar refractivity (Wildman–Crippen MR) is 195 cm³/mol. The maximum Gasteiger partial charge on any atom is 0.292 e. The van der Waals surface area contributed by atoms with Gasteiger partial charge in [-0.05, 0) is 38.0 Å². The predicted octanol–water partition coefficient (Wildman–Crippen LogP) is 0.950. The summed E-state index contributed by atoms with van der Waals surface area (Å²) in [7, 11) is 0. The van der Waals surface area contributed by atoms with E-state index in [1.54, 1.807) is 22.6 Å². The molecule has 6 aromatic rings. The number of carbonyl (C=O) groups is 3. The molecule has 20 nitrogen and oxygen atoms in total. The van der Waals surface area contributed by atoms with Crippen LogP contribution in [-0.2, 0) is 16.1 Å². The number of nitrogens with two attached hydrogens (primary N) is 2. The lowest BCUT2D eigenvalue weighted by atomic mass is 10.1. The van der Waals surface area contributed by atoms with Crippen molar-refractivity contribution in [2.45, 2.75) is 26.3 Å². The zero-order valence-electron chi connectivity index (χ0n) is 29.3. The minimum atomic E-state index is -0.390. The van der Waals surface area contributed by atoms with Crippen LogP contribution in [0.2, 0.25) is 0 Å². The highest BCUT2D eigenvalue weighted by Crippen LogP contribution is 2.32. The fourth-order valence-corrected chi connectivity index (χ4v) is 5.89. The Morgan fingerprint density at radius 1 is 0.889 bits per heavy atom. The molecule has 1 saturated heterocycles. The summed E-state index contributed by atoms with van der Waals surface area (Å²) in [6, 6.07) is 5.55. The van der Waals surface area contributed by atoms with E-state index in [0.29, 0.717) is 109 Å². The lowest BCUT2D eigenvalue weighted by Crippen LogP contribution is -2.50. The molecule has 0 atom stereocenters. The van der Waals surface area contributed by atoms with Gasteiger partial charge in [-0.2, -0.15) is 10.1 Å². The molecule has 54 heavy (non-hydrogen) atoms. The molecular formula is C34H37N15O5. The molecule has 7 rings (SSSR count). The molecule has 0 saturated carbocycles. The van der Waals surface area contributed by atoms with Crippen LogP contribution < -0.4 is 27.0 Å². The normalized spacial score (nSPS) is 13.1. The molecular weight excluding hydrogens is 698 g/mol. The smallest absolute Gasteiger partial charge is 0.292 e. The highest BCUT2D eigenvalue weighted by molar-refractivity contribution is 5.99. The number of aryl methyl sites for hydroxylation is 2. The third-order valence-corrected chi connectivity index (χ3v) is 8.74. The fourth-order valence-electron chi connectivity index (χ4n) is 5.89. The molecule has 0 aliphatic carbocycles. The van der Waals surface area contributed by atoms with Crippen LogP contribution >= 0.6 is 0 Å². The largest absolute Gasteiger partial charge is 0.424 e. The summed E-state index contributed by atoms with van der Waals surface area (Å²) in [5.74, 6) is 0.487. The van der Waals surface area contributed by atoms with Gasteiger partial charge in [0.05, 0.1) is 16.5 Å². The van der Waals surface area contributed by atoms with Crippen LogP contribution in [0.3, 0.4) is 0 Å². The number of oxazole rings is 1. The van der Waals surface area contributed by atoms with Crippen LogP contribution in [0.25, 0.3) is 33.4 Å². The van der Waals surface area contributed by atoms with E-state index in [4.69, 9.17) is 25.7 Å². The molecule has 1 aromatic carbocycles. The molecule has 3 amide bonds. The molecule has 0 spiro atoms. The summed E-state index contributed by atoms with van der Waals surface area (Å²) >= 11 is 0. The van der Waals surface area contributed by atoms with Gasteiger partial charge in [0.25, 0.3) is 17.8 Å². The zero-order valence-corrected chi connectivity index (χ0v) is 29.3. The van der Waals surface area contributed by atoms with Gasteiger partial charge in [-0.1, -0.05) is 0 Å². The second-order valence-corrected chi connectivity index (χ2v) is 12.4. The van der Waals surface area contributed by atoms with Crippen LogP contribution in [0.4, 0.5) is 17.8 Å². The van der Waals surface area contributed by atoms with Gasteiger partial charge in [0, 0.05) is 69.6 Å². The van der Waals surface area contributed by atoms with E-state index in [-0.39, 0.29) is 37.1 Å².